The Morgan fingerprint density at radius 1 is 1.32 bits per heavy atom. The van der Waals surface area contributed by atoms with E-state index in [4.69, 9.17) is 10.5 Å². The van der Waals surface area contributed by atoms with Gasteiger partial charge in [0.15, 0.2) is 5.13 Å². The summed E-state index contributed by atoms with van der Waals surface area (Å²) in [5.74, 6) is -0.703. The van der Waals surface area contributed by atoms with Gasteiger partial charge >= 0.3 is 5.97 Å². The number of nitrogens with two attached hydrogens (primary N) is 1. The van der Waals surface area contributed by atoms with Gasteiger partial charge in [-0.3, -0.25) is 0 Å². The van der Waals surface area contributed by atoms with E-state index >= 15 is 0 Å². The van der Waals surface area contributed by atoms with Gasteiger partial charge in [-0.1, -0.05) is 28.6 Å². The molecule has 112 valence electrons. The average molecular weight is 334 g/mol. The molecule has 0 atom stereocenters. The molecule has 7 nitrogen and oxygen atoms in total. The van der Waals surface area contributed by atoms with Crippen LogP contribution in [0.3, 0.4) is 0 Å². The van der Waals surface area contributed by atoms with Gasteiger partial charge in [-0.25, -0.2) is 14.8 Å². The zero-order chi connectivity index (χ0) is 15.5. The Morgan fingerprint density at radius 3 is 2.82 bits per heavy atom. The Labute approximate surface area is 133 Å². The van der Waals surface area contributed by atoms with Crippen molar-refractivity contribution in [3.63, 3.8) is 0 Å². The van der Waals surface area contributed by atoms with Gasteiger partial charge in [-0.2, -0.15) is 0 Å². The monoisotopic (exact) mass is 334 g/mol. The highest BCUT2D eigenvalue weighted by molar-refractivity contribution is 7.20. The molecule has 0 aliphatic rings. The molecule has 9 heteroatoms. The van der Waals surface area contributed by atoms with Gasteiger partial charge in [0.25, 0.3) is 5.19 Å². The summed E-state index contributed by atoms with van der Waals surface area (Å²) < 4.78 is 6.18. The number of ether oxygens (including phenoxy) is 1. The summed E-state index contributed by atoms with van der Waals surface area (Å²) in [5.41, 5.74) is 6.57. The predicted octanol–water partition coefficient (Wildman–Crippen LogP) is 2.29. The first-order valence-corrected chi connectivity index (χ1v) is 7.77. The molecule has 0 aliphatic heterocycles. The number of carbonyl (C=O) groups excluding carboxylic acids is 1. The van der Waals surface area contributed by atoms with Crippen molar-refractivity contribution in [1.82, 2.24) is 9.97 Å². The van der Waals surface area contributed by atoms with Crippen molar-refractivity contribution in [3.05, 3.63) is 35.3 Å². The lowest BCUT2D eigenvalue weighted by atomic mass is 10.3. The van der Waals surface area contributed by atoms with Crippen molar-refractivity contribution in [1.29, 1.82) is 0 Å². The van der Waals surface area contributed by atoms with Gasteiger partial charge < -0.3 is 15.3 Å². The van der Waals surface area contributed by atoms with Gasteiger partial charge in [0.1, 0.15) is 12.8 Å². The van der Waals surface area contributed by atoms with E-state index in [1.165, 1.54) is 29.8 Å². The summed E-state index contributed by atoms with van der Waals surface area (Å²) in [6, 6.07) is 7.50. The zero-order valence-electron chi connectivity index (χ0n) is 11.3. The largest absolute Gasteiger partial charge is 0.398 e. The quantitative estimate of drug-likeness (QED) is 0.446. The van der Waals surface area contributed by atoms with Crippen molar-refractivity contribution in [2.75, 3.05) is 12.8 Å². The minimum absolute atomic E-state index is 0.0605. The van der Waals surface area contributed by atoms with E-state index in [-0.39, 0.29) is 10.9 Å². The highest BCUT2D eigenvalue weighted by Crippen LogP contribution is 2.27. The first-order chi connectivity index (χ1) is 10.7. The third-order valence-electron chi connectivity index (χ3n) is 2.59. The molecule has 0 amide bonds. The topological polar surface area (TPSA) is 99.7 Å². The van der Waals surface area contributed by atoms with Gasteiger partial charge in [0.05, 0.1) is 10.2 Å². The van der Waals surface area contributed by atoms with E-state index in [0.717, 1.165) is 10.2 Å². The fourth-order valence-electron chi connectivity index (χ4n) is 1.70. The maximum Gasteiger partial charge on any atom is 0.370 e. The number of nitrogen functional groups attached to an aromatic ring is 1. The van der Waals surface area contributed by atoms with E-state index in [9.17, 15) is 4.79 Å². The van der Waals surface area contributed by atoms with Crippen LogP contribution in [0, 0.1) is 0 Å². The molecule has 0 unspecified atom stereocenters. The molecule has 2 aromatic heterocycles. The van der Waals surface area contributed by atoms with E-state index in [1.54, 1.807) is 5.38 Å². The number of fused-ring (bicyclic) bond motifs is 1. The van der Waals surface area contributed by atoms with Crippen molar-refractivity contribution < 1.29 is 14.4 Å². The van der Waals surface area contributed by atoms with Crippen LogP contribution in [-0.2, 0) is 9.63 Å². The van der Waals surface area contributed by atoms with Crippen LogP contribution in [-0.4, -0.2) is 28.8 Å². The molecular formula is C13H10N4O3S2. The Kier molecular flexibility index (Phi) is 3.98. The third-order valence-corrected chi connectivity index (χ3v) is 4.18. The smallest absolute Gasteiger partial charge is 0.370 e. The molecule has 0 aliphatic carbocycles. The molecule has 1 aromatic carbocycles. The molecule has 3 aromatic rings. The molecule has 0 spiro atoms. The third kappa shape index (κ3) is 2.90. The molecule has 2 N–H and O–H groups in total. The number of nitrogens with zero attached hydrogens (tertiary/aromatic N) is 3. The van der Waals surface area contributed by atoms with Crippen LogP contribution in [0.5, 0.6) is 5.19 Å². The minimum Gasteiger partial charge on any atom is -0.398 e. The summed E-state index contributed by atoms with van der Waals surface area (Å²) in [4.78, 5) is 25.2. The fourth-order valence-corrected chi connectivity index (χ4v) is 3.06. The maximum atomic E-state index is 12.2. The normalized spacial score (nSPS) is 11.6. The lowest BCUT2D eigenvalue weighted by Gasteiger charge is -2.01. The molecule has 3 rings (SSSR count). The number of aromatic nitrogens is 2. The Hall–Kier alpha value is -2.52. The molecule has 22 heavy (non-hydrogen) atoms. The molecule has 0 fully saturated rings. The van der Waals surface area contributed by atoms with Gasteiger partial charge in [0, 0.05) is 5.38 Å². The second kappa shape index (κ2) is 6.08. The van der Waals surface area contributed by atoms with Crippen LogP contribution in [0.15, 0.2) is 34.8 Å². The van der Waals surface area contributed by atoms with Crippen molar-refractivity contribution in [2.45, 2.75) is 0 Å². The number of hydrogen-bond acceptors (Lipinski definition) is 9. The van der Waals surface area contributed by atoms with Crippen LogP contribution < -0.4 is 10.5 Å². The Morgan fingerprint density at radius 2 is 2.14 bits per heavy atom. The summed E-state index contributed by atoms with van der Waals surface area (Å²) in [5, 5.41) is 5.83. The van der Waals surface area contributed by atoms with Crippen LogP contribution in [0.4, 0.5) is 5.13 Å². The molecule has 0 saturated heterocycles. The standard InChI is InChI=1S/C13H10N4O3S2/c1-19-17-10(8-6-21-12(14)15-8)11(18)20-13-16-7-4-2-3-5-9(7)22-13/h2-6H,1H3,(H2,14,15)/b17-10-. The molecule has 2 heterocycles. The Balaban J connectivity index is 1.86. The van der Waals surface area contributed by atoms with Crippen molar-refractivity contribution in [2.24, 2.45) is 5.16 Å². The zero-order valence-corrected chi connectivity index (χ0v) is 13.0. The summed E-state index contributed by atoms with van der Waals surface area (Å²) in [6.45, 7) is 0. The minimum atomic E-state index is -0.703. The van der Waals surface area contributed by atoms with E-state index in [0.29, 0.717) is 10.8 Å². The van der Waals surface area contributed by atoms with Gasteiger partial charge in [-0.05, 0) is 12.1 Å². The number of benzene rings is 1. The van der Waals surface area contributed by atoms with Crippen LogP contribution in [0.2, 0.25) is 0 Å². The van der Waals surface area contributed by atoms with Crippen LogP contribution >= 0.6 is 22.7 Å². The lowest BCUT2D eigenvalue weighted by Crippen LogP contribution is -2.22. The van der Waals surface area contributed by atoms with Crippen LogP contribution in [0.25, 0.3) is 10.2 Å². The highest BCUT2D eigenvalue weighted by Gasteiger charge is 2.22. The number of oxime groups is 1. The summed E-state index contributed by atoms with van der Waals surface area (Å²) in [7, 11) is 1.33. The molecule has 0 saturated carbocycles. The van der Waals surface area contributed by atoms with Crippen molar-refractivity contribution in [3.8, 4) is 5.19 Å². The molecular weight excluding hydrogens is 324 g/mol. The van der Waals surface area contributed by atoms with E-state index in [1.807, 2.05) is 24.3 Å². The maximum absolute atomic E-state index is 12.2. The lowest BCUT2D eigenvalue weighted by molar-refractivity contribution is -0.127. The van der Waals surface area contributed by atoms with Gasteiger partial charge in [-0.15, -0.1) is 11.3 Å². The number of carbonyl (C=O) groups is 1. The van der Waals surface area contributed by atoms with E-state index in [2.05, 4.69) is 20.0 Å². The summed E-state index contributed by atoms with van der Waals surface area (Å²) in [6.07, 6.45) is 0. The number of anilines is 1. The van der Waals surface area contributed by atoms with Crippen LogP contribution in [0.1, 0.15) is 5.69 Å². The number of rotatable bonds is 4. The Bertz CT molecular complexity index is 823. The summed E-state index contributed by atoms with van der Waals surface area (Å²) >= 11 is 2.46. The number of hydrogen-bond donors (Lipinski definition) is 1. The number of esters is 1. The van der Waals surface area contributed by atoms with E-state index < -0.39 is 5.97 Å². The number of para-hydroxylation sites is 1. The van der Waals surface area contributed by atoms with Crippen molar-refractivity contribution >= 4 is 49.7 Å². The van der Waals surface area contributed by atoms with Gasteiger partial charge in [0.2, 0.25) is 5.71 Å². The average Bonchev–Trinajstić information content (AvgIpc) is 3.10. The second-order valence-electron chi connectivity index (χ2n) is 4.03. The first kappa shape index (κ1) is 14.4. The fraction of sp³-hybridized carbons (Fsp3) is 0.0769. The number of thiazole rings is 2. The first-order valence-electron chi connectivity index (χ1n) is 6.07. The highest BCUT2D eigenvalue weighted by atomic mass is 32.1. The molecule has 0 radical (unpaired) electrons. The SMILES string of the molecule is CO/N=C(\C(=O)Oc1nc2ccccc2s1)c1csc(N)n1. The second-order valence-corrected chi connectivity index (χ2v) is 5.91. The molecule has 0 bridgehead atoms. The predicted molar refractivity (Wildman–Crippen MR) is 85.3 cm³/mol.